The van der Waals surface area contributed by atoms with Crippen molar-refractivity contribution in [2.45, 2.75) is 6.54 Å². The minimum absolute atomic E-state index is 0.181. The molecule has 3 rings (SSSR count). The van der Waals surface area contributed by atoms with E-state index in [1.807, 2.05) is 0 Å². The van der Waals surface area contributed by atoms with Crippen LogP contribution in [0.25, 0.3) is 0 Å². The van der Waals surface area contributed by atoms with Gasteiger partial charge in [0.15, 0.2) is 18.1 Å². The van der Waals surface area contributed by atoms with Gasteiger partial charge < -0.3 is 19.5 Å². The minimum atomic E-state index is -0.687. The standard InChI is InChI=1S/C17H14FNO5/c18-13-4-2-12(3-5-13)17(21)22-9-16(20)19-8-11-1-6-14-15(7-11)24-10-23-14/h1-7H,8-10H2,(H,19,20). The summed E-state index contributed by atoms with van der Waals surface area (Å²) >= 11 is 0. The number of fused-ring (bicyclic) bond motifs is 1. The second-order valence-corrected chi connectivity index (χ2v) is 5.05. The van der Waals surface area contributed by atoms with Crippen LogP contribution >= 0.6 is 0 Å². The van der Waals surface area contributed by atoms with Crippen LogP contribution in [0.2, 0.25) is 0 Å². The number of esters is 1. The second-order valence-electron chi connectivity index (χ2n) is 5.05. The number of rotatable bonds is 5. The summed E-state index contributed by atoms with van der Waals surface area (Å²) in [7, 11) is 0. The summed E-state index contributed by atoms with van der Waals surface area (Å²) in [6, 6.07) is 10.2. The smallest absolute Gasteiger partial charge is 0.338 e. The van der Waals surface area contributed by atoms with Crippen LogP contribution in [0, 0.1) is 5.82 Å². The molecule has 7 heteroatoms. The Bertz CT molecular complexity index is 760. The van der Waals surface area contributed by atoms with E-state index in [-0.39, 0.29) is 18.9 Å². The van der Waals surface area contributed by atoms with E-state index in [4.69, 9.17) is 14.2 Å². The molecule has 0 spiro atoms. The highest BCUT2D eigenvalue weighted by Crippen LogP contribution is 2.32. The molecule has 1 heterocycles. The molecule has 1 aliphatic heterocycles. The number of carbonyl (C=O) groups is 2. The highest BCUT2D eigenvalue weighted by Gasteiger charge is 2.14. The molecular formula is C17H14FNO5. The lowest BCUT2D eigenvalue weighted by molar-refractivity contribution is -0.124. The maximum Gasteiger partial charge on any atom is 0.338 e. The van der Waals surface area contributed by atoms with Gasteiger partial charge in [0.1, 0.15) is 5.82 Å². The number of benzene rings is 2. The third-order valence-corrected chi connectivity index (χ3v) is 3.34. The van der Waals surface area contributed by atoms with Crippen LogP contribution in [0.5, 0.6) is 11.5 Å². The number of nitrogens with one attached hydrogen (secondary N) is 1. The molecule has 0 fully saturated rings. The van der Waals surface area contributed by atoms with Crippen molar-refractivity contribution in [3.63, 3.8) is 0 Å². The maximum absolute atomic E-state index is 12.8. The summed E-state index contributed by atoms with van der Waals surface area (Å²) in [6.45, 7) is 0.0365. The molecule has 1 amide bonds. The Morgan fingerprint density at radius 1 is 1.08 bits per heavy atom. The van der Waals surface area contributed by atoms with Gasteiger partial charge in [-0.1, -0.05) is 6.07 Å². The summed E-state index contributed by atoms with van der Waals surface area (Å²) < 4.78 is 28.1. The van der Waals surface area contributed by atoms with Gasteiger partial charge in [0.2, 0.25) is 6.79 Å². The molecule has 0 saturated carbocycles. The summed E-state index contributed by atoms with van der Waals surface area (Å²) in [4.78, 5) is 23.4. The van der Waals surface area contributed by atoms with E-state index in [1.54, 1.807) is 18.2 Å². The molecule has 1 N–H and O–H groups in total. The molecule has 0 unspecified atom stereocenters. The molecule has 0 atom stereocenters. The first-order valence-electron chi connectivity index (χ1n) is 7.20. The molecular weight excluding hydrogens is 317 g/mol. The number of hydrogen-bond acceptors (Lipinski definition) is 5. The highest BCUT2D eigenvalue weighted by molar-refractivity contribution is 5.91. The van der Waals surface area contributed by atoms with Gasteiger partial charge in [0.25, 0.3) is 5.91 Å². The van der Waals surface area contributed by atoms with Crippen molar-refractivity contribution in [3.8, 4) is 11.5 Å². The number of carbonyl (C=O) groups excluding carboxylic acids is 2. The highest BCUT2D eigenvalue weighted by atomic mass is 19.1. The lowest BCUT2D eigenvalue weighted by atomic mass is 10.2. The quantitative estimate of drug-likeness (QED) is 0.849. The van der Waals surface area contributed by atoms with Gasteiger partial charge in [-0.25, -0.2) is 9.18 Å². The van der Waals surface area contributed by atoms with E-state index >= 15 is 0 Å². The zero-order valence-corrected chi connectivity index (χ0v) is 12.6. The molecule has 0 radical (unpaired) electrons. The Morgan fingerprint density at radius 3 is 2.62 bits per heavy atom. The number of ether oxygens (including phenoxy) is 3. The zero-order chi connectivity index (χ0) is 16.9. The van der Waals surface area contributed by atoms with Crippen LogP contribution in [0.3, 0.4) is 0 Å². The van der Waals surface area contributed by atoms with E-state index in [1.165, 1.54) is 12.1 Å². The van der Waals surface area contributed by atoms with Gasteiger partial charge in [-0.2, -0.15) is 0 Å². The van der Waals surface area contributed by atoms with E-state index in [9.17, 15) is 14.0 Å². The van der Waals surface area contributed by atoms with Crippen LogP contribution in [-0.2, 0) is 16.1 Å². The SMILES string of the molecule is O=C(COC(=O)c1ccc(F)cc1)NCc1ccc2c(c1)OCO2. The van der Waals surface area contributed by atoms with E-state index in [0.29, 0.717) is 11.5 Å². The van der Waals surface area contributed by atoms with Crippen molar-refractivity contribution in [1.82, 2.24) is 5.32 Å². The fourth-order valence-electron chi connectivity index (χ4n) is 2.10. The third kappa shape index (κ3) is 3.81. The number of hydrogen-bond donors (Lipinski definition) is 1. The van der Waals surface area contributed by atoms with Crippen molar-refractivity contribution < 1.29 is 28.2 Å². The molecule has 124 valence electrons. The molecule has 0 aromatic heterocycles. The van der Waals surface area contributed by atoms with Crippen molar-refractivity contribution in [2.75, 3.05) is 13.4 Å². The van der Waals surface area contributed by atoms with Gasteiger partial charge >= 0.3 is 5.97 Å². The molecule has 6 nitrogen and oxygen atoms in total. The van der Waals surface area contributed by atoms with Crippen LogP contribution in [0.15, 0.2) is 42.5 Å². The van der Waals surface area contributed by atoms with E-state index in [2.05, 4.69) is 5.32 Å². The predicted molar refractivity (Wildman–Crippen MR) is 81.1 cm³/mol. The Morgan fingerprint density at radius 2 is 1.83 bits per heavy atom. The Balaban J connectivity index is 1.46. The normalized spacial score (nSPS) is 11.9. The fourth-order valence-corrected chi connectivity index (χ4v) is 2.10. The topological polar surface area (TPSA) is 73.9 Å². The van der Waals surface area contributed by atoms with Crippen LogP contribution in [-0.4, -0.2) is 25.3 Å². The van der Waals surface area contributed by atoms with Gasteiger partial charge in [-0.05, 0) is 42.0 Å². The first kappa shape index (κ1) is 15.8. The van der Waals surface area contributed by atoms with Crippen molar-refractivity contribution in [3.05, 3.63) is 59.4 Å². The average Bonchev–Trinajstić information content (AvgIpc) is 3.06. The maximum atomic E-state index is 12.8. The summed E-state index contributed by atoms with van der Waals surface area (Å²) in [5.41, 5.74) is 1.01. The third-order valence-electron chi connectivity index (χ3n) is 3.34. The lowest BCUT2D eigenvalue weighted by Crippen LogP contribution is -2.28. The molecule has 0 aliphatic carbocycles. The first-order chi connectivity index (χ1) is 11.6. The van der Waals surface area contributed by atoms with Crippen molar-refractivity contribution in [1.29, 1.82) is 0 Å². The Kier molecular flexibility index (Phi) is 4.60. The monoisotopic (exact) mass is 331 g/mol. The van der Waals surface area contributed by atoms with Gasteiger partial charge in [-0.15, -0.1) is 0 Å². The molecule has 0 bridgehead atoms. The van der Waals surface area contributed by atoms with E-state index in [0.717, 1.165) is 17.7 Å². The van der Waals surface area contributed by atoms with Crippen LogP contribution in [0.1, 0.15) is 15.9 Å². The average molecular weight is 331 g/mol. The van der Waals surface area contributed by atoms with Crippen LogP contribution < -0.4 is 14.8 Å². The molecule has 2 aromatic carbocycles. The van der Waals surface area contributed by atoms with Gasteiger partial charge in [0.05, 0.1) is 5.56 Å². The second kappa shape index (κ2) is 6.99. The molecule has 2 aromatic rings. The lowest BCUT2D eigenvalue weighted by Gasteiger charge is -2.07. The minimum Gasteiger partial charge on any atom is -0.454 e. The Labute approximate surface area is 137 Å². The van der Waals surface area contributed by atoms with Gasteiger partial charge in [0, 0.05) is 6.54 Å². The predicted octanol–water partition coefficient (Wildman–Crippen LogP) is 2.03. The van der Waals surface area contributed by atoms with Crippen LogP contribution in [0.4, 0.5) is 4.39 Å². The number of halogens is 1. The number of amides is 1. The largest absolute Gasteiger partial charge is 0.454 e. The molecule has 24 heavy (non-hydrogen) atoms. The van der Waals surface area contributed by atoms with Crippen molar-refractivity contribution >= 4 is 11.9 Å². The van der Waals surface area contributed by atoms with E-state index < -0.39 is 24.3 Å². The van der Waals surface area contributed by atoms with Gasteiger partial charge in [-0.3, -0.25) is 4.79 Å². The summed E-state index contributed by atoms with van der Waals surface area (Å²) in [5.74, 6) is -0.285. The summed E-state index contributed by atoms with van der Waals surface area (Å²) in [6.07, 6.45) is 0. The van der Waals surface area contributed by atoms with Crippen molar-refractivity contribution in [2.24, 2.45) is 0 Å². The fraction of sp³-hybridized carbons (Fsp3) is 0.176. The Hall–Kier alpha value is -3.09. The zero-order valence-electron chi connectivity index (χ0n) is 12.6. The first-order valence-corrected chi connectivity index (χ1v) is 7.20. The molecule has 1 aliphatic rings. The molecule has 0 saturated heterocycles. The summed E-state index contributed by atoms with van der Waals surface area (Å²) in [5, 5.41) is 2.63.